The van der Waals surface area contributed by atoms with Crippen molar-refractivity contribution < 1.29 is 9.47 Å². The average Bonchev–Trinajstić information content (AvgIpc) is 2.36. The summed E-state index contributed by atoms with van der Waals surface area (Å²) < 4.78 is 12.4. The van der Waals surface area contributed by atoms with Crippen molar-refractivity contribution in [1.82, 2.24) is 5.32 Å². The van der Waals surface area contributed by atoms with Gasteiger partial charge in [-0.15, -0.1) is 0 Å². The molecule has 0 aliphatic carbocycles. The summed E-state index contributed by atoms with van der Waals surface area (Å²) in [6.45, 7) is 6.72. The Hall–Kier alpha value is -0.170. The predicted molar refractivity (Wildman–Crippen MR) is 87.0 cm³/mol. The van der Waals surface area contributed by atoms with Crippen molar-refractivity contribution in [2.45, 2.75) is 45.4 Å². The molecule has 1 rings (SSSR count). The van der Waals surface area contributed by atoms with Gasteiger partial charge in [0.05, 0.1) is 0 Å². The summed E-state index contributed by atoms with van der Waals surface area (Å²) in [6.07, 6.45) is 1.95. The summed E-state index contributed by atoms with van der Waals surface area (Å²) in [4.78, 5) is 0. The zero-order valence-corrected chi connectivity index (χ0v) is 14.4. The fourth-order valence-corrected chi connectivity index (χ4v) is 3.07. The minimum absolute atomic E-state index is 0.282. The first kappa shape index (κ1) is 16.9. The van der Waals surface area contributed by atoms with E-state index in [2.05, 4.69) is 66.9 Å². The van der Waals surface area contributed by atoms with Crippen LogP contribution in [-0.4, -0.2) is 19.9 Å². The van der Waals surface area contributed by atoms with E-state index in [1.165, 1.54) is 9.13 Å². The summed E-state index contributed by atoms with van der Waals surface area (Å²) >= 11 is 2.36. The Balaban J connectivity index is 3.16. The van der Waals surface area contributed by atoms with Crippen LogP contribution in [0.5, 0.6) is 0 Å². The van der Waals surface area contributed by atoms with Crippen LogP contribution in [0, 0.1) is 3.57 Å². The van der Waals surface area contributed by atoms with Gasteiger partial charge in [0.25, 0.3) is 0 Å². The molecule has 0 saturated carbocycles. The molecule has 0 bridgehead atoms. The molecule has 1 atom stereocenters. The van der Waals surface area contributed by atoms with Crippen molar-refractivity contribution in [1.29, 1.82) is 0 Å². The van der Waals surface area contributed by atoms with Gasteiger partial charge < -0.3 is 9.47 Å². The number of methoxy groups -OCH3 is 1. The first-order chi connectivity index (χ1) is 9.05. The highest BCUT2D eigenvalue weighted by Gasteiger charge is 2.34. The molecule has 0 spiro atoms. The molecule has 0 radical (unpaired) electrons. The first-order valence-electron chi connectivity index (χ1n) is 6.71. The highest BCUT2D eigenvalue weighted by atomic mass is 127. The molecule has 0 amide bonds. The molecule has 108 valence electrons. The van der Waals surface area contributed by atoms with Gasteiger partial charge >= 0.3 is 0 Å². The Morgan fingerprint density at radius 3 is 2.53 bits per heavy atom. The number of rotatable bonds is 8. The third-order valence-corrected chi connectivity index (χ3v) is 3.80. The Bertz CT molecular complexity index is 384. The Morgan fingerprint density at radius 1 is 1.32 bits per heavy atom. The van der Waals surface area contributed by atoms with E-state index in [0.717, 1.165) is 12.8 Å². The molecule has 19 heavy (non-hydrogen) atoms. The molecular weight excluding hydrogens is 353 g/mol. The van der Waals surface area contributed by atoms with Gasteiger partial charge in [-0.1, -0.05) is 31.5 Å². The predicted octanol–water partition coefficient (Wildman–Crippen LogP) is 3.86. The van der Waals surface area contributed by atoms with Crippen LogP contribution < -0.4 is 5.32 Å². The summed E-state index contributed by atoms with van der Waals surface area (Å²) in [5, 5.41) is 3.58. The highest BCUT2D eigenvalue weighted by Crippen LogP contribution is 2.32. The van der Waals surface area contributed by atoms with Gasteiger partial charge in [0.15, 0.2) is 0 Å². The fourth-order valence-electron chi connectivity index (χ4n) is 2.24. The normalized spacial score (nSPS) is 14.6. The quantitative estimate of drug-likeness (QED) is 0.551. The monoisotopic (exact) mass is 377 g/mol. The Morgan fingerprint density at radius 2 is 2.00 bits per heavy atom. The van der Waals surface area contributed by atoms with Crippen molar-refractivity contribution in [3.05, 3.63) is 33.4 Å². The molecule has 4 heteroatoms. The lowest BCUT2D eigenvalue weighted by atomic mass is 9.96. The summed E-state index contributed by atoms with van der Waals surface area (Å²) in [7, 11) is 1.65. The number of hydrogen-bond acceptors (Lipinski definition) is 3. The smallest absolute Gasteiger partial charge is 0.149 e. The van der Waals surface area contributed by atoms with Crippen LogP contribution in [0.4, 0.5) is 0 Å². The number of hydrogen-bond donors (Lipinski definition) is 1. The standard InChI is InChI=1S/C15H24INO2/c1-5-10-15(17-12(2)3,19-11-18-4)13-8-6-7-9-14(13)16/h6-9,12,17H,5,10-11H2,1-4H3. The summed E-state index contributed by atoms with van der Waals surface area (Å²) in [5.74, 6) is 0. The minimum Gasteiger partial charge on any atom is -0.359 e. The number of benzene rings is 1. The van der Waals surface area contributed by atoms with Crippen LogP contribution in [-0.2, 0) is 15.2 Å². The molecule has 1 aromatic carbocycles. The second-order valence-corrected chi connectivity index (χ2v) is 6.07. The molecule has 1 unspecified atom stereocenters. The molecular formula is C15H24INO2. The SMILES string of the molecule is CCCC(NC(C)C)(OCOC)c1ccccc1I. The van der Waals surface area contributed by atoms with Crippen LogP contribution in [0.1, 0.15) is 39.2 Å². The van der Waals surface area contributed by atoms with Gasteiger partial charge in [0.1, 0.15) is 12.5 Å². The van der Waals surface area contributed by atoms with Crippen LogP contribution >= 0.6 is 22.6 Å². The molecule has 0 heterocycles. The van der Waals surface area contributed by atoms with Gasteiger partial charge in [0.2, 0.25) is 0 Å². The maximum Gasteiger partial charge on any atom is 0.149 e. The zero-order valence-electron chi connectivity index (χ0n) is 12.2. The van der Waals surface area contributed by atoms with E-state index in [0.29, 0.717) is 6.04 Å². The van der Waals surface area contributed by atoms with E-state index in [9.17, 15) is 0 Å². The third kappa shape index (κ3) is 4.70. The van der Waals surface area contributed by atoms with Gasteiger partial charge in [-0.3, -0.25) is 5.32 Å². The van der Waals surface area contributed by atoms with Crippen LogP contribution in [0.3, 0.4) is 0 Å². The zero-order chi connectivity index (χ0) is 14.3. The van der Waals surface area contributed by atoms with Crippen molar-refractivity contribution in [3.63, 3.8) is 0 Å². The number of nitrogens with one attached hydrogen (secondary N) is 1. The summed E-state index contributed by atoms with van der Waals surface area (Å²) in [6, 6.07) is 8.67. The van der Waals surface area contributed by atoms with Gasteiger partial charge in [-0.05, 0) is 48.9 Å². The second-order valence-electron chi connectivity index (χ2n) is 4.91. The molecule has 1 N–H and O–H groups in total. The molecule has 1 aromatic rings. The fraction of sp³-hybridized carbons (Fsp3) is 0.600. The van der Waals surface area contributed by atoms with E-state index in [-0.39, 0.29) is 6.79 Å². The molecule has 0 aliphatic rings. The van der Waals surface area contributed by atoms with Crippen LogP contribution in [0.2, 0.25) is 0 Å². The van der Waals surface area contributed by atoms with E-state index in [4.69, 9.17) is 9.47 Å². The second kappa shape index (κ2) is 8.19. The van der Waals surface area contributed by atoms with E-state index < -0.39 is 5.72 Å². The third-order valence-electron chi connectivity index (χ3n) is 2.86. The molecule has 0 saturated heterocycles. The summed E-state index contributed by atoms with van der Waals surface area (Å²) in [5.41, 5.74) is 0.708. The van der Waals surface area contributed by atoms with Crippen LogP contribution in [0.25, 0.3) is 0 Å². The average molecular weight is 377 g/mol. The molecule has 3 nitrogen and oxygen atoms in total. The minimum atomic E-state index is -0.475. The maximum atomic E-state index is 6.06. The van der Waals surface area contributed by atoms with Crippen molar-refractivity contribution in [2.75, 3.05) is 13.9 Å². The lowest BCUT2D eigenvalue weighted by Crippen LogP contribution is -2.49. The maximum absolute atomic E-state index is 6.06. The van der Waals surface area contributed by atoms with E-state index in [1.54, 1.807) is 7.11 Å². The largest absolute Gasteiger partial charge is 0.359 e. The molecule has 0 aromatic heterocycles. The highest BCUT2D eigenvalue weighted by molar-refractivity contribution is 14.1. The Labute approximate surface area is 130 Å². The van der Waals surface area contributed by atoms with Crippen molar-refractivity contribution in [3.8, 4) is 0 Å². The number of halogens is 1. The Kier molecular flexibility index (Phi) is 7.28. The topological polar surface area (TPSA) is 30.5 Å². The van der Waals surface area contributed by atoms with E-state index in [1.807, 2.05) is 6.07 Å². The lowest BCUT2D eigenvalue weighted by molar-refractivity contribution is -0.160. The van der Waals surface area contributed by atoms with Crippen molar-refractivity contribution in [2.24, 2.45) is 0 Å². The first-order valence-corrected chi connectivity index (χ1v) is 7.79. The van der Waals surface area contributed by atoms with Gasteiger partial charge in [-0.2, -0.15) is 0 Å². The number of ether oxygens (including phenoxy) is 2. The molecule has 0 aliphatic heterocycles. The van der Waals surface area contributed by atoms with Crippen LogP contribution in [0.15, 0.2) is 24.3 Å². The van der Waals surface area contributed by atoms with Gasteiger partial charge in [0, 0.05) is 22.3 Å². The van der Waals surface area contributed by atoms with E-state index >= 15 is 0 Å². The van der Waals surface area contributed by atoms with Gasteiger partial charge in [-0.25, -0.2) is 0 Å². The molecule has 0 fully saturated rings. The van der Waals surface area contributed by atoms with Crippen molar-refractivity contribution >= 4 is 22.6 Å². The lowest BCUT2D eigenvalue weighted by Gasteiger charge is -2.37.